The first-order valence-electron chi connectivity index (χ1n) is 9.32. The van der Waals surface area contributed by atoms with Gasteiger partial charge in [0.25, 0.3) is 0 Å². The summed E-state index contributed by atoms with van der Waals surface area (Å²) in [4.78, 5) is 0. The van der Waals surface area contributed by atoms with Gasteiger partial charge in [-0.25, -0.2) is 0 Å². The number of benzene rings is 2. The van der Waals surface area contributed by atoms with Crippen LogP contribution in [-0.4, -0.2) is 28.1 Å². The number of hydrogen-bond donors (Lipinski definition) is 2. The van der Waals surface area contributed by atoms with Crippen LogP contribution in [0.5, 0.6) is 11.5 Å². The molecule has 152 valence electrons. The number of nitrogens with one attached hydrogen (secondary N) is 2. The Morgan fingerprint density at radius 3 is 2.55 bits per heavy atom. The van der Waals surface area contributed by atoms with E-state index in [2.05, 4.69) is 15.7 Å². The van der Waals surface area contributed by atoms with E-state index in [0.717, 1.165) is 28.4 Å². The molecule has 1 aromatic heterocycles. The number of aromatic nitrogens is 2. The van der Waals surface area contributed by atoms with Gasteiger partial charge in [-0.3, -0.25) is 4.68 Å². The van der Waals surface area contributed by atoms with Crippen LogP contribution in [0.4, 0.5) is 11.4 Å². The van der Waals surface area contributed by atoms with E-state index in [4.69, 9.17) is 33.3 Å². The highest BCUT2D eigenvalue weighted by atomic mass is 35.5. The standard InChI is InChI=1S/C21H23ClN4O2S/c1-3-27-19-9-8-15(10-20(19)28-4-2)13-26-14-18(12-23-26)25-21(29)24-17-7-5-6-16(22)11-17/h5-12,14H,3-4,13H2,1-2H3,(H2,24,25,29). The molecule has 0 amide bonds. The fraction of sp³-hybridized carbons (Fsp3) is 0.238. The molecule has 3 aromatic rings. The Labute approximate surface area is 180 Å². The van der Waals surface area contributed by atoms with Crippen LogP contribution in [0.2, 0.25) is 5.02 Å². The van der Waals surface area contributed by atoms with Gasteiger partial charge in [0.05, 0.1) is 31.6 Å². The molecule has 0 aliphatic heterocycles. The fourth-order valence-electron chi connectivity index (χ4n) is 2.76. The molecule has 0 radical (unpaired) electrons. The lowest BCUT2D eigenvalue weighted by Gasteiger charge is -2.12. The monoisotopic (exact) mass is 430 g/mol. The number of rotatable bonds is 8. The van der Waals surface area contributed by atoms with Crippen molar-refractivity contribution < 1.29 is 9.47 Å². The summed E-state index contributed by atoms with van der Waals surface area (Å²) in [6, 6.07) is 13.3. The first-order chi connectivity index (χ1) is 14.1. The molecule has 0 fully saturated rings. The Bertz CT molecular complexity index is 977. The van der Waals surface area contributed by atoms with Crippen LogP contribution in [-0.2, 0) is 6.54 Å². The minimum Gasteiger partial charge on any atom is -0.490 e. The summed E-state index contributed by atoms with van der Waals surface area (Å²) in [5, 5.41) is 11.7. The van der Waals surface area contributed by atoms with Crippen molar-refractivity contribution in [2.75, 3.05) is 23.8 Å². The minimum absolute atomic E-state index is 0.464. The average molecular weight is 431 g/mol. The first kappa shape index (κ1) is 21.0. The number of halogens is 1. The van der Waals surface area contributed by atoms with Crippen molar-refractivity contribution in [1.82, 2.24) is 9.78 Å². The molecule has 29 heavy (non-hydrogen) atoms. The van der Waals surface area contributed by atoms with Crippen molar-refractivity contribution >= 4 is 40.3 Å². The third kappa shape index (κ3) is 6.10. The highest BCUT2D eigenvalue weighted by Crippen LogP contribution is 2.29. The second-order valence-corrected chi connectivity index (χ2v) is 7.01. The zero-order chi connectivity index (χ0) is 20.6. The van der Waals surface area contributed by atoms with Gasteiger partial charge in [0.1, 0.15) is 0 Å². The summed E-state index contributed by atoms with van der Waals surface area (Å²) in [5.74, 6) is 1.49. The zero-order valence-electron chi connectivity index (χ0n) is 16.3. The molecular formula is C21H23ClN4O2S. The fourth-order valence-corrected chi connectivity index (χ4v) is 3.18. The lowest BCUT2D eigenvalue weighted by molar-refractivity contribution is 0.287. The van der Waals surface area contributed by atoms with Gasteiger partial charge >= 0.3 is 0 Å². The van der Waals surface area contributed by atoms with E-state index in [1.54, 1.807) is 12.3 Å². The molecule has 0 atom stereocenters. The number of nitrogens with zero attached hydrogens (tertiary/aromatic N) is 2. The molecule has 6 nitrogen and oxygen atoms in total. The Hall–Kier alpha value is -2.77. The lowest BCUT2D eigenvalue weighted by atomic mass is 10.2. The van der Waals surface area contributed by atoms with Gasteiger partial charge in [0.15, 0.2) is 16.6 Å². The summed E-state index contributed by atoms with van der Waals surface area (Å²) in [7, 11) is 0. The number of thiocarbonyl (C=S) groups is 1. The topological polar surface area (TPSA) is 60.3 Å². The van der Waals surface area contributed by atoms with E-state index in [0.29, 0.717) is 29.9 Å². The molecule has 0 aliphatic carbocycles. The maximum absolute atomic E-state index is 5.99. The van der Waals surface area contributed by atoms with Crippen LogP contribution in [0.1, 0.15) is 19.4 Å². The molecule has 0 bridgehead atoms. The van der Waals surface area contributed by atoms with Crippen molar-refractivity contribution in [1.29, 1.82) is 0 Å². The first-order valence-corrected chi connectivity index (χ1v) is 10.1. The molecular weight excluding hydrogens is 408 g/mol. The van der Waals surface area contributed by atoms with Crippen LogP contribution < -0.4 is 20.1 Å². The largest absolute Gasteiger partial charge is 0.490 e. The van der Waals surface area contributed by atoms with Gasteiger partial charge in [-0.1, -0.05) is 23.7 Å². The molecule has 2 N–H and O–H groups in total. The van der Waals surface area contributed by atoms with Crippen LogP contribution in [0, 0.1) is 0 Å². The van der Waals surface area contributed by atoms with Gasteiger partial charge in [-0.2, -0.15) is 5.10 Å². The maximum Gasteiger partial charge on any atom is 0.175 e. The van der Waals surface area contributed by atoms with E-state index >= 15 is 0 Å². The summed E-state index contributed by atoms with van der Waals surface area (Å²) in [6.07, 6.45) is 3.62. The van der Waals surface area contributed by atoms with Crippen molar-refractivity contribution in [3.05, 3.63) is 65.4 Å². The van der Waals surface area contributed by atoms with E-state index in [9.17, 15) is 0 Å². The second kappa shape index (κ2) is 10.1. The third-order valence-electron chi connectivity index (χ3n) is 3.93. The van der Waals surface area contributed by atoms with Gasteiger partial charge in [-0.15, -0.1) is 0 Å². The van der Waals surface area contributed by atoms with E-state index in [-0.39, 0.29) is 0 Å². The Balaban J connectivity index is 1.62. The zero-order valence-corrected chi connectivity index (χ0v) is 17.9. The predicted molar refractivity (Wildman–Crippen MR) is 121 cm³/mol. The molecule has 8 heteroatoms. The SMILES string of the molecule is CCOc1ccc(Cn2cc(NC(=S)Nc3cccc(Cl)c3)cn2)cc1OCC. The quantitative estimate of drug-likeness (QED) is 0.479. The van der Waals surface area contributed by atoms with Crippen molar-refractivity contribution in [3.8, 4) is 11.5 Å². The van der Waals surface area contributed by atoms with Crippen molar-refractivity contribution in [2.45, 2.75) is 20.4 Å². The average Bonchev–Trinajstić information content (AvgIpc) is 3.11. The smallest absolute Gasteiger partial charge is 0.175 e. The minimum atomic E-state index is 0.464. The lowest BCUT2D eigenvalue weighted by Crippen LogP contribution is -2.18. The number of hydrogen-bond acceptors (Lipinski definition) is 4. The van der Waals surface area contributed by atoms with Gasteiger partial charge in [0, 0.05) is 16.9 Å². The molecule has 0 saturated carbocycles. The molecule has 0 saturated heterocycles. The predicted octanol–water partition coefficient (Wildman–Crippen LogP) is 5.19. The maximum atomic E-state index is 5.99. The van der Waals surface area contributed by atoms with E-state index in [1.165, 1.54) is 0 Å². The van der Waals surface area contributed by atoms with E-state index in [1.807, 2.05) is 61.1 Å². The van der Waals surface area contributed by atoms with E-state index < -0.39 is 0 Å². The molecule has 0 aliphatic rings. The second-order valence-electron chi connectivity index (χ2n) is 6.16. The van der Waals surface area contributed by atoms with Crippen LogP contribution in [0.25, 0.3) is 0 Å². The summed E-state index contributed by atoms with van der Waals surface area (Å²) in [6.45, 7) is 5.68. The van der Waals surface area contributed by atoms with Gasteiger partial charge in [0.2, 0.25) is 0 Å². The molecule has 3 rings (SSSR count). The highest BCUT2D eigenvalue weighted by molar-refractivity contribution is 7.80. The van der Waals surface area contributed by atoms with Crippen molar-refractivity contribution in [3.63, 3.8) is 0 Å². The molecule has 2 aromatic carbocycles. The molecule has 0 spiro atoms. The number of anilines is 2. The molecule has 1 heterocycles. The van der Waals surface area contributed by atoms with Crippen LogP contribution >= 0.6 is 23.8 Å². The Morgan fingerprint density at radius 1 is 1.03 bits per heavy atom. The normalized spacial score (nSPS) is 10.4. The molecule has 0 unspecified atom stereocenters. The van der Waals surface area contributed by atoms with Crippen LogP contribution in [0.15, 0.2) is 54.9 Å². The summed E-state index contributed by atoms with van der Waals surface area (Å²) in [5.41, 5.74) is 2.67. The summed E-state index contributed by atoms with van der Waals surface area (Å²) >= 11 is 11.3. The Kier molecular flexibility index (Phi) is 7.32. The van der Waals surface area contributed by atoms with Gasteiger partial charge < -0.3 is 20.1 Å². The summed E-state index contributed by atoms with van der Waals surface area (Å²) < 4.78 is 13.1. The number of ether oxygens (including phenoxy) is 2. The highest BCUT2D eigenvalue weighted by Gasteiger charge is 2.08. The van der Waals surface area contributed by atoms with Crippen LogP contribution in [0.3, 0.4) is 0 Å². The third-order valence-corrected chi connectivity index (χ3v) is 4.37. The van der Waals surface area contributed by atoms with Gasteiger partial charge in [-0.05, 0) is 62.0 Å². The Morgan fingerprint density at radius 2 is 1.79 bits per heavy atom. The van der Waals surface area contributed by atoms with Crippen molar-refractivity contribution in [2.24, 2.45) is 0 Å².